The van der Waals surface area contributed by atoms with E-state index in [-0.39, 0.29) is 11.9 Å². The Hall–Kier alpha value is -2.23. The Morgan fingerprint density at radius 3 is 3.09 bits per heavy atom. The van der Waals surface area contributed by atoms with Gasteiger partial charge in [0.15, 0.2) is 0 Å². The molecule has 3 aliphatic rings. The first-order valence-corrected chi connectivity index (χ1v) is 8.48. The molecule has 4 nitrogen and oxygen atoms in total. The van der Waals surface area contributed by atoms with E-state index < -0.39 is 0 Å². The first-order chi connectivity index (χ1) is 11.2. The predicted octanol–water partition coefficient (Wildman–Crippen LogP) is 3.31. The minimum absolute atomic E-state index is 0.188. The number of nitrogens with zero attached hydrogens (tertiary/aromatic N) is 1. The monoisotopic (exact) mass is 308 g/mol. The highest BCUT2D eigenvalue weighted by molar-refractivity contribution is 5.96. The van der Waals surface area contributed by atoms with Crippen LogP contribution in [-0.4, -0.2) is 28.9 Å². The molecule has 118 valence electrons. The summed E-state index contributed by atoms with van der Waals surface area (Å²) in [5.74, 6) is 1.37. The third-order valence-corrected chi connectivity index (χ3v) is 5.73. The lowest BCUT2D eigenvalue weighted by atomic mass is 9.79. The van der Waals surface area contributed by atoms with Gasteiger partial charge in [0.1, 0.15) is 5.76 Å². The van der Waals surface area contributed by atoms with Crippen LogP contribution < -0.4 is 0 Å². The van der Waals surface area contributed by atoms with Gasteiger partial charge in [-0.1, -0.05) is 18.2 Å². The van der Waals surface area contributed by atoms with E-state index in [1.165, 1.54) is 22.2 Å². The molecule has 3 aliphatic heterocycles. The van der Waals surface area contributed by atoms with Crippen molar-refractivity contribution in [1.29, 1.82) is 0 Å². The van der Waals surface area contributed by atoms with Crippen molar-refractivity contribution in [1.82, 2.24) is 9.88 Å². The number of aromatic amines is 1. The molecule has 0 unspecified atom stereocenters. The molecule has 1 amide bonds. The molecule has 5 rings (SSSR count). The zero-order valence-corrected chi connectivity index (χ0v) is 13.3. The number of benzene rings is 1. The molecule has 0 bridgehead atoms. The number of hydrogen-bond donors (Lipinski definition) is 1. The second kappa shape index (κ2) is 4.63. The first kappa shape index (κ1) is 13.2. The van der Waals surface area contributed by atoms with E-state index in [0.29, 0.717) is 5.92 Å². The number of allylic oxidation sites excluding steroid dienone is 1. The molecule has 2 aromatic rings. The molecule has 4 heteroatoms. The summed E-state index contributed by atoms with van der Waals surface area (Å²) >= 11 is 0. The molecule has 0 radical (unpaired) electrons. The van der Waals surface area contributed by atoms with Crippen LogP contribution in [0.2, 0.25) is 0 Å². The molecular weight excluding hydrogens is 288 g/mol. The maximum Gasteiger partial charge on any atom is 0.254 e. The summed E-state index contributed by atoms with van der Waals surface area (Å²) < 4.78 is 5.64. The molecule has 1 fully saturated rings. The van der Waals surface area contributed by atoms with Crippen LogP contribution in [0.5, 0.6) is 0 Å². The van der Waals surface area contributed by atoms with Crippen molar-refractivity contribution in [3.05, 3.63) is 46.9 Å². The van der Waals surface area contributed by atoms with Crippen LogP contribution in [0.4, 0.5) is 0 Å². The van der Waals surface area contributed by atoms with Gasteiger partial charge in [-0.15, -0.1) is 0 Å². The molecule has 0 saturated carbocycles. The van der Waals surface area contributed by atoms with E-state index >= 15 is 0 Å². The van der Waals surface area contributed by atoms with Crippen LogP contribution >= 0.6 is 0 Å². The van der Waals surface area contributed by atoms with E-state index in [4.69, 9.17) is 4.74 Å². The van der Waals surface area contributed by atoms with Crippen LogP contribution in [0.15, 0.2) is 35.6 Å². The third kappa shape index (κ3) is 1.75. The Morgan fingerprint density at radius 1 is 1.30 bits per heavy atom. The largest absolute Gasteiger partial charge is 0.498 e. The number of carbonyl (C=O) groups excluding carboxylic acids is 1. The number of amides is 1. The summed E-state index contributed by atoms with van der Waals surface area (Å²) in [6.07, 6.45) is 2.90. The van der Waals surface area contributed by atoms with Gasteiger partial charge in [-0.3, -0.25) is 4.79 Å². The van der Waals surface area contributed by atoms with Gasteiger partial charge >= 0.3 is 0 Å². The summed E-state index contributed by atoms with van der Waals surface area (Å²) in [5.41, 5.74) is 4.78. The van der Waals surface area contributed by atoms with Crippen molar-refractivity contribution in [2.75, 3.05) is 13.2 Å². The molecule has 1 saturated heterocycles. The average molecular weight is 308 g/mol. The molecule has 0 spiro atoms. The van der Waals surface area contributed by atoms with Crippen molar-refractivity contribution in [3.63, 3.8) is 0 Å². The SMILES string of the molecule is CC1=C2C(=O)N3CCc4c([nH]c5ccccc45)[C@@H]3C[C@@H]2CCO1. The van der Waals surface area contributed by atoms with Gasteiger partial charge in [0.25, 0.3) is 5.91 Å². The summed E-state index contributed by atoms with van der Waals surface area (Å²) in [6.45, 7) is 3.49. The Balaban J connectivity index is 1.64. The van der Waals surface area contributed by atoms with Gasteiger partial charge in [0.05, 0.1) is 18.2 Å². The average Bonchev–Trinajstić information content (AvgIpc) is 2.94. The first-order valence-electron chi connectivity index (χ1n) is 8.48. The molecule has 1 N–H and O–H groups in total. The second-order valence-corrected chi connectivity index (χ2v) is 6.87. The number of hydrogen-bond acceptors (Lipinski definition) is 2. The van der Waals surface area contributed by atoms with Crippen LogP contribution in [0, 0.1) is 5.92 Å². The van der Waals surface area contributed by atoms with Crippen LogP contribution in [-0.2, 0) is 16.0 Å². The number of H-pyrrole nitrogens is 1. The summed E-state index contributed by atoms with van der Waals surface area (Å²) in [6, 6.07) is 8.67. The van der Waals surface area contributed by atoms with Crippen LogP contribution in [0.25, 0.3) is 10.9 Å². The lowest BCUT2D eigenvalue weighted by molar-refractivity contribution is -0.134. The number of nitrogens with one attached hydrogen (secondary N) is 1. The molecule has 2 atom stereocenters. The highest BCUT2D eigenvalue weighted by Gasteiger charge is 2.44. The van der Waals surface area contributed by atoms with Crippen molar-refractivity contribution in [2.45, 2.75) is 32.2 Å². The number of piperidine rings is 1. The van der Waals surface area contributed by atoms with E-state index in [1.807, 2.05) is 6.92 Å². The van der Waals surface area contributed by atoms with Gasteiger partial charge in [0, 0.05) is 23.1 Å². The minimum atomic E-state index is 0.188. The van der Waals surface area contributed by atoms with Crippen molar-refractivity contribution >= 4 is 16.8 Å². The van der Waals surface area contributed by atoms with Gasteiger partial charge < -0.3 is 14.6 Å². The molecule has 0 aliphatic carbocycles. The smallest absolute Gasteiger partial charge is 0.254 e. The second-order valence-electron chi connectivity index (χ2n) is 6.87. The molecule has 4 heterocycles. The minimum Gasteiger partial charge on any atom is -0.498 e. The molecule has 1 aromatic carbocycles. The Kier molecular flexibility index (Phi) is 2.67. The fourth-order valence-corrected chi connectivity index (χ4v) is 4.66. The zero-order valence-electron chi connectivity index (χ0n) is 13.3. The fourth-order valence-electron chi connectivity index (χ4n) is 4.66. The van der Waals surface area contributed by atoms with E-state index in [9.17, 15) is 4.79 Å². The maximum absolute atomic E-state index is 13.0. The van der Waals surface area contributed by atoms with Crippen molar-refractivity contribution in [2.24, 2.45) is 5.92 Å². The maximum atomic E-state index is 13.0. The number of fused-ring (bicyclic) bond motifs is 6. The third-order valence-electron chi connectivity index (χ3n) is 5.73. The van der Waals surface area contributed by atoms with Gasteiger partial charge in [0.2, 0.25) is 0 Å². The quantitative estimate of drug-likeness (QED) is 0.811. The van der Waals surface area contributed by atoms with E-state index in [0.717, 1.165) is 43.7 Å². The number of ether oxygens (including phenoxy) is 1. The number of carbonyl (C=O) groups is 1. The normalized spacial score (nSPS) is 26.7. The van der Waals surface area contributed by atoms with Crippen LogP contribution in [0.3, 0.4) is 0 Å². The standard InChI is InChI=1S/C19H20N2O2/c1-11-17-12(7-9-23-11)10-16-18-14(6-8-21(16)19(17)22)13-4-2-3-5-15(13)20-18/h2-5,12,16,20H,6-10H2,1H3/t12-,16-/m0/s1. The summed E-state index contributed by atoms with van der Waals surface area (Å²) in [4.78, 5) is 18.7. The lowest BCUT2D eigenvalue weighted by Gasteiger charge is -2.44. The number of rotatable bonds is 0. The number of aromatic nitrogens is 1. The Bertz CT molecular complexity index is 848. The van der Waals surface area contributed by atoms with Gasteiger partial charge in [-0.25, -0.2) is 0 Å². The van der Waals surface area contributed by atoms with Gasteiger partial charge in [-0.05, 0) is 43.7 Å². The predicted molar refractivity (Wildman–Crippen MR) is 87.8 cm³/mol. The summed E-state index contributed by atoms with van der Waals surface area (Å²) in [5, 5.41) is 1.32. The Labute approximate surface area is 135 Å². The van der Waals surface area contributed by atoms with E-state index in [2.05, 4.69) is 34.1 Å². The highest BCUT2D eigenvalue weighted by atomic mass is 16.5. The lowest BCUT2D eigenvalue weighted by Crippen LogP contribution is -2.47. The molecular formula is C19H20N2O2. The topological polar surface area (TPSA) is 45.3 Å². The zero-order chi connectivity index (χ0) is 15.6. The molecule has 1 aromatic heterocycles. The fraction of sp³-hybridized carbons (Fsp3) is 0.421. The van der Waals surface area contributed by atoms with Gasteiger partial charge in [-0.2, -0.15) is 0 Å². The highest BCUT2D eigenvalue weighted by Crippen LogP contribution is 2.46. The van der Waals surface area contributed by atoms with Crippen molar-refractivity contribution < 1.29 is 9.53 Å². The van der Waals surface area contributed by atoms with Crippen LogP contribution in [0.1, 0.15) is 37.1 Å². The van der Waals surface area contributed by atoms with E-state index in [1.54, 1.807) is 0 Å². The summed E-state index contributed by atoms with van der Waals surface area (Å²) in [7, 11) is 0. The molecule has 23 heavy (non-hydrogen) atoms. The Morgan fingerprint density at radius 2 is 2.17 bits per heavy atom. The van der Waals surface area contributed by atoms with Crippen molar-refractivity contribution in [3.8, 4) is 0 Å². The number of para-hydroxylation sites is 1.